The Morgan fingerprint density at radius 3 is 2.61 bits per heavy atom. The summed E-state index contributed by atoms with van der Waals surface area (Å²) in [4.78, 5) is 15.1. The van der Waals surface area contributed by atoms with Gasteiger partial charge in [-0.2, -0.15) is 0 Å². The number of hydrogen-bond acceptors (Lipinski definition) is 5. The highest BCUT2D eigenvalue weighted by molar-refractivity contribution is 6.12. The minimum atomic E-state index is -0.384. The molecule has 0 radical (unpaired) electrons. The van der Waals surface area contributed by atoms with Crippen molar-refractivity contribution in [2.24, 2.45) is 0 Å². The van der Waals surface area contributed by atoms with E-state index in [4.69, 9.17) is 14.2 Å². The summed E-state index contributed by atoms with van der Waals surface area (Å²) in [7, 11) is 1.62. The van der Waals surface area contributed by atoms with Crippen LogP contribution >= 0.6 is 0 Å². The van der Waals surface area contributed by atoms with Gasteiger partial charge < -0.3 is 19.5 Å². The summed E-state index contributed by atoms with van der Waals surface area (Å²) in [6.07, 6.45) is -0.384. The second-order valence-electron chi connectivity index (χ2n) is 6.58. The topological polar surface area (TPSA) is 60.0 Å². The Morgan fingerprint density at radius 2 is 1.79 bits per heavy atom. The van der Waals surface area contributed by atoms with Gasteiger partial charge in [0.05, 0.1) is 12.7 Å². The maximum Gasteiger partial charge on any atom is 0.262 e. The molecule has 0 fully saturated rings. The molecule has 0 saturated carbocycles. The summed E-state index contributed by atoms with van der Waals surface area (Å²) in [5.41, 5.74) is 3.12. The Balaban J connectivity index is 1.62. The first kappa shape index (κ1) is 16.5. The predicted octanol–water partition coefficient (Wildman–Crippen LogP) is 4.20. The number of rotatable bonds is 3. The van der Waals surface area contributed by atoms with E-state index in [0.29, 0.717) is 17.1 Å². The fourth-order valence-electron chi connectivity index (χ4n) is 3.58. The molecule has 0 aliphatic carbocycles. The summed E-state index contributed by atoms with van der Waals surface area (Å²) < 4.78 is 16.2. The van der Waals surface area contributed by atoms with Crippen LogP contribution in [-0.4, -0.2) is 19.8 Å². The molecular formula is C22H18N2O4. The molecule has 1 amide bonds. The Bertz CT molecular complexity index is 1050. The van der Waals surface area contributed by atoms with Crippen molar-refractivity contribution in [2.45, 2.75) is 6.17 Å². The van der Waals surface area contributed by atoms with Gasteiger partial charge >= 0.3 is 0 Å². The number of amides is 1. The molecule has 140 valence electrons. The number of para-hydroxylation sites is 1. The highest BCUT2D eigenvalue weighted by Crippen LogP contribution is 2.40. The molecule has 0 spiro atoms. The Kier molecular flexibility index (Phi) is 3.83. The van der Waals surface area contributed by atoms with Crippen molar-refractivity contribution in [3.8, 4) is 17.2 Å². The van der Waals surface area contributed by atoms with Gasteiger partial charge in [0, 0.05) is 11.4 Å². The van der Waals surface area contributed by atoms with E-state index in [1.54, 1.807) is 12.0 Å². The lowest BCUT2D eigenvalue weighted by molar-refractivity contribution is 0.0975. The van der Waals surface area contributed by atoms with E-state index >= 15 is 0 Å². The van der Waals surface area contributed by atoms with Crippen molar-refractivity contribution in [3.63, 3.8) is 0 Å². The summed E-state index contributed by atoms with van der Waals surface area (Å²) >= 11 is 0. The minimum absolute atomic E-state index is 0.0674. The zero-order valence-corrected chi connectivity index (χ0v) is 15.2. The van der Waals surface area contributed by atoms with Crippen LogP contribution in [0.5, 0.6) is 17.2 Å². The fourth-order valence-corrected chi connectivity index (χ4v) is 3.58. The summed E-state index contributed by atoms with van der Waals surface area (Å²) in [6, 6.07) is 20.7. The zero-order chi connectivity index (χ0) is 19.1. The van der Waals surface area contributed by atoms with Gasteiger partial charge in [-0.3, -0.25) is 9.69 Å². The number of benzene rings is 3. The smallest absolute Gasteiger partial charge is 0.262 e. The molecule has 5 rings (SSSR count). The number of methoxy groups -OCH3 is 1. The second-order valence-corrected chi connectivity index (χ2v) is 6.58. The van der Waals surface area contributed by atoms with Crippen LogP contribution in [0.3, 0.4) is 0 Å². The molecule has 0 bridgehead atoms. The molecule has 2 heterocycles. The molecule has 28 heavy (non-hydrogen) atoms. The van der Waals surface area contributed by atoms with Crippen LogP contribution in [0.25, 0.3) is 0 Å². The third kappa shape index (κ3) is 2.62. The van der Waals surface area contributed by atoms with Gasteiger partial charge in [0.2, 0.25) is 6.79 Å². The van der Waals surface area contributed by atoms with Crippen LogP contribution in [-0.2, 0) is 0 Å². The standard InChI is InChI=1S/C22H18N2O4/c1-26-16-9-7-15(8-10-16)24-21(14-6-11-19-20(12-14)28-13-27-19)23-18-5-3-2-4-17(18)22(24)25/h2-12,21,23H,13H2,1H3/t21-/m1/s1. The molecule has 0 saturated heterocycles. The maximum atomic E-state index is 13.4. The SMILES string of the molecule is COc1ccc(N2C(=O)c3ccccc3N[C@H]2c2ccc3c(c2)OCO3)cc1. The largest absolute Gasteiger partial charge is 0.497 e. The van der Waals surface area contributed by atoms with E-state index in [0.717, 1.165) is 22.7 Å². The number of nitrogens with one attached hydrogen (secondary N) is 1. The Labute approximate surface area is 162 Å². The zero-order valence-electron chi connectivity index (χ0n) is 15.2. The third-order valence-electron chi connectivity index (χ3n) is 4.99. The summed E-state index contributed by atoms with van der Waals surface area (Å²) in [6.45, 7) is 0.209. The lowest BCUT2D eigenvalue weighted by Crippen LogP contribution is -2.43. The molecule has 3 aromatic rings. The molecular weight excluding hydrogens is 356 g/mol. The van der Waals surface area contributed by atoms with E-state index < -0.39 is 0 Å². The molecule has 3 aromatic carbocycles. The molecule has 1 N–H and O–H groups in total. The van der Waals surface area contributed by atoms with Crippen molar-refractivity contribution in [2.75, 3.05) is 24.1 Å². The van der Waals surface area contributed by atoms with Crippen LogP contribution in [0, 0.1) is 0 Å². The number of anilines is 2. The molecule has 2 aliphatic rings. The van der Waals surface area contributed by atoms with Gasteiger partial charge in [0.25, 0.3) is 5.91 Å². The average molecular weight is 374 g/mol. The Morgan fingerprint density at radius 1 is 1.00 bits per heavy atom. The number of carbonyl (C=O) groups excluding carboxylic acids is 1. The number of fused-ring (bicyclic) bond motifs is 2. The predicted molar refractivity (Wildman–Crippen MR) is 105 cm³/mol. The average Bonchev–Trinajstić information content (AvgIpc) is 3.22. The van der Waals surface area contributed by atoms with Crippen LogP contribution in [0.15, 0.2) is 66.7 Å². The lowest BCUT2D eigenvalue weighted by atomic mass is 10.0. The quantitative estimate of drug-likeness (QED) is 0.745. The van der Waals surface area contributed by atoms with E-state index in [9.17, 15) is 4.79 Å². The van der Waals surface area contributed by atoms with Crippen LogP contribution < -0.4 is 24.4 Å². The normalized spacial score (nSPS) is 17.1. The monoisotopic (exact) mass is 374 g/mol. The first-order valence-electron chi connectivity index (χ1n) is 8.97. The van der Waals surface area contributed by atoms with Gasteiger partial charge in [0.1, 0.15) is 11.9 Å². The summed E-state index contributed by atoms with van der Waals surface area (Å²) in [5.74, 6) is 2.06. The van der Waals surface area contributed by atoms with Crippen molar-refractivity contribution < 1.29 is 19.0 Å². The van der Waals surface area contributed by atoms with Gasteiger partial charge in [-0.1, -0.05) is 18.2 Å². The van der Waals surface area contributed by atoms with E-state index in [-0.39, 0.29) is 18.9 Å². The van der Waals surface area contributed by atoms with Crippen LogP contribution in [0.1, 0.15) is 22.1 Å². The van der Waals surface area contributed by atoms with Crippen molar-refractivity contribution in [1.82, 2.24) is 0 Å². The molecule has 1 atom stereocenters. The van der Waals surface area contributed by atoms with Crippen molar-refractivity contribution in [1.29, 1.82) is 0 Å². The van der Waals surface area contributed by atoms with E-state index in [2.05, 4.69) is 5.32 Å². The Hall–Kier alpha value is -3.67. The van der Waals surface area contributed by atoms with Gasteiger partial charge in [0.15, 0.2) is 11.5 Å². The van der Waals surface area contributed by atoms with Crippen LogP contribution in [0.2, 0.25) is 0 Å². The maximum absolute atomic E-state index is 13.4. The highest BCUT2D eigenvalue weighted by Gasteiger charge is 2.34. The molecule has 0 aromatic heterocycles. The van der Waals surface area contributed by atoms with Gasteiger partial charge in [-0.15, -0.1) is 0 Å². The van der Waals surface area contributed by atoms with Gasteiger partial charge in [-0.05, 0) is 54.1 Å². The second kappa shape index (κ2) is 6.49. The third-order valence-corrected chi connectivity index (χ3v) is 4.99. The number of ether oxygens (including phenoxy) is 3. The molecule has 2 aliphatic heterocycles. The summed E-state index contributed by atoms with van der Waals surface area (Å²) in [5, 5.41) is 3.49. The number of nitrogens with zero attached hydrogens (tertiary/aromatic N) is 1. The molecule has 6 heteroatoms. The van der Waals surface area contributed by atoms with Crippen LogP contribution in [0.4, 0.5) is 11.4 Å². The lowest BCUT2D eigenvalue weighted by Gasteiger charge is -2.38. The highest BCUT2D eigenvalue weighted by atomic mass is 16.7. The molecule has 6 nitrogen and oxygen atoms in total. The van der Waals surface area contributed by atoms with Crippen molar-refractivity contribution in [3.05, 3.63) is 77.9 Å². The fraction of sp³-hybridized carbons (Fsp3) is 0.136. The molecule has 0 unspecified atom stereocenters. The van der Waals surface area contributed by atoms with Crippen molar-refractivity contribution >= 4 is 17.3 Å². The first-order valence-corrected chi connectivity index (χ1v) is 8.97. The van der Waals surface area contributed by atoms with E-state index in [1.165, 1.54) is 0 Å². The first-order chi connectivity index (χ1) is 13.7. The minimum Gasteiger partial charge on any atom is -0.497 e. The van der Waals surface area contributed by atoms with E-state index in [1.807, 2.05) is 66.7 Å². The van der Waals surface area contributed by atoms with Gasteiger partial charge in [-0.25, -0.2) is 0 Å². The number of hydrogen-bond donors (Lipinski definition) is 1. The number of carbonyl (C=O) groups is 1.